The molecule has 0 bridgehead atoms. The molecule has 1 amide bonds. The largest absolute Gasteiger partial charge is 0.381 e. The summed E-state index contributed by atoms with van der Waals surface area (Å²) in [5, 5.41) is 6.22. The van der Waals surface area contributed by atoms with Crippen LogP contribution in [-0.2, 0) is 14.3 Å². The average Bonchev–Trinajstić information content (AvgIpc) is 2.40. The number of carbonyl (C=O) groups is 1. The van der Waals surface area contributed by atoms with Crippen LogP contribution in [0.2, 0.25) is 0 Å². The second-order valence-corrected chi connectivity index (χ2v) is 4.81. The monoisotopic (exact) mass is 242 g/mol. The van der Waals surface area contributed by atoms with Crippen LogP contribution in [0, 0.1) is 5.92 Å². The second kappa shape index (κ2) is 6.33. The summed E-state index contributed by atoms with van der Waals surface area (Å²) in [6, 6.07) is 0.205. The van der Waals surface area contributed by atoms with Crippen LogP contribution in [0.3, 0.4) is 0 Å². The summed E-state index contributed by atoms with van der Waals surface area (Å²) < 4.78 is 10.8. The molecule has 2 heterocycles. The molecule has 0 saturated carbocycles. The van der Waals surface area contributed by atoms with E-state index in [0.717, 1.165) is 32.6 Å². The Morgan fingerprint density at radius 2 is 2.12 bits per heavy atom. The van der Waals surface area contributed by atoms with Crippen LogP contribution < -0.4 is 10.6 Å². The molecule has 2 fully saturated rings. The Labute approximate surface area is 102 Å². The highest BCUT2D eigenvalue weighted by Gasteiger charge is 2.26. The Balaban J connectivity index is 1.76. The van der Waals surface area contributed by atoms with Crippen molar-refractivity contribution < 1.29 is 14.3 Å². The first-order valence-corrected chi connectivity index (χ1v) is 6.48. The predicted molar refractivity (Wildman–Crippen MR) is 63.8 cm³/mol. The van der Waals surface area contributed by atoms with Gasteiger partial charge in [-0.1, -0.05) is 0 Å². The lowest BCUT2D eigenvalue weighted by molar-refractivity contribution is -0.135. The van der Waals surface area contributed by atoms with E-state index >= 15 is 0 Å². The molecule has 5 heteroatoms. The van der Waals surface area contributed by atoms with E-state index in [4.69, 9.17) is 9.47 Å². The maximum absolute atomic E-state index is 11.9. The van der Waals surface area contributed by atoms with Gasteiger partial charge in [0.1, 0.15) is 6.10 Å². The molecule has 0 aromatic heterocycles. The Morgan fingerprint density at radius 1 is 1.35 bits per heavy atom. The van der Waals surface area contributed by atoms with Crippen molar-refractivity contribution >= 4 is 5.91 Å². The molecule has 2 aliphatic heterocycles. The van der Waals surface area contributed by atoms with Crippen LogP contribution in [0.1, 0.15) is 19.8 Å². The SMILES string of the molecule is CC(NC(=O)C1CNCCO1)C1CCOCC1. The van der Waals surface area contributed by atoms with Crippen molar-refractivity contribution in [3.8, 4) is 0 Å². The zero-order valence-electron chi connectivity index (χ0n) is 10.4. The summed E-state index contributed by atoms with van der Waals surface area (Å²) in [5.41, 5.74) is 0. The van der Waals surface area contributed by atoms with Crippen LogP contribution in [0.5, 0.6) is 0 Å². The van der Waals surface area contributed by atoms with Gasteiger partial charge in [-0.3, -0.25) is 4.79 Å². The van der Waals surface area contributed by atoms with Gasteiger partial charge in [-0.25, -0.2) is 0 Å². The van der Waals surface area contributed by atoms with Gasteiger partial charge in [0.25, 0.3) is 5.91 Å². The minimum Gasteiger partial charge on any atom is -0.381 e. The fraction of sp³-hybridized carbons (Fsp3) is 0.917. The lowest BCUT2D eigenvalue weighted by Gasteiger charge is -2.30. The van der Waals surface area contributed by atoms with Gasteiger partial charge in [-0.05, 0) is 25.7 Å². The summed E-state index contributed by atoms with van der Waals surface area (Å²) >= 11 is 0. The highest BCUT2D eigenvalue weighted by atomic mass is 16.5. The molecular weight excluding hydrogens is 220 g/mol. The fourth-order valence-corrected chi connectivity index (χ4v) is 2.38. The Morgan fingerprint density at radius 3 is 2.76 bits per heavy atom. The van der Waals surface area contributed by atoms with E-state index in [2.05, 4.69) is 17.6 Å². The summed E-state index contributed by atoms with van der Waals surface area (Å²) in [7, 11) is 0. The van der Waals surface area contributed by atoms with E-state index < -0.39 is 0 Å². The quantitative estimate of drug-likeness (QED) is 0.726. The molecule has 2 unspecified atom stereocenters. The minimum absolute atomic E-state index is 0.0104. The van der Waals surface area contributed by atoms with E-state index in [0.29, 0.717) is 19.1 Å². The summed E-state index contributed by atoms with van der Waals surface area (Å²) in [6.07, 6.45) is 1.74. The third kappa shape index (κ3) is 3.66. The summed E-state index contributed by atoms with van der Waals surface area (Å²) in [4.78, 5) is 11.9. The molecule has 2 saturated heterocycles. The van der Waals surface area contributed by atoms with Crippen molar-refractivity contribution in [2.45, 2.75) is 31.9 Å². The number of amides is 1. The Bertz CT molecular complexity index is 248. The molecule has 2 atom stereocenters. The summed E-state index contributed by atoms with van der Waals surface area (Å²) in [5.74, 6) is 0.542. The Hall–Kier alpha value is -0.650. The van der Waals surface area contributed by atoms with Gasteiger partial charge < -0.3 is 20.1 Å². The smallest absolute Gasteiger partial charge is 0.250 e. The lowest BCUT2D eigenvalue weighted by Crippen LogP contribution is -2.51. The molecule has 0 spiro atoms. The molecular formula is C12H22N2O3. The molecule has 0 radical (unpaired) electrons. The van der Waals surface area contributed by atoms with Crippen molar-refractivity contribution in [2.75, 3.05) is 32.9 Å². The molecule has 5 nitrogen and oxygen atoms in total. The zero-order chi connectivity index (χ0) is 12.1. The van der Waals surface area contributed by atoms with E-state index in [-0.39, 0.29) is 18.1 Å². The number of nitrogens with one attached hydrogen (secondary N) is 2. The number of hydrogen-bond acceptors (Lipinski definition) is 4. The van der Waals surface area contributed by atoms with Crippen molar-refractivity contribution in [3.63, 3.8) is 0 Å². The first kappa shape index (κ1) is 12.8. The number of hydrogen-bond donors (Lipinski definition) is 2. The third-order valence-electron chi connectivity index (χ3n) is 3.56. The van der Waals surface area contributed by atoms with Crippen LogP contribution in [0.25, 0.3) is 0 Å². The fourth-order valence-electron chi connectivity index (χ4n) is 2.38. The van der Waals surface area contributed by atoms with Gasteiger partial charge >= 0.3 is 0 Å². The molecule has 0 aliphatic carbocycles. The molecule has 0 aromatic carbocycles. The normalized spacial score (nSPS) is 28.6. The summed E-state index contributed by atoms with van der Waals surface area (Å²) in [6.45, 7) is 5.76. The van der Waals surface area contributed by atoms with Crippen molar-refractivity contribution in [3.05, 3.63) is 0 Å². The van der Waals surface area contributed by atoms with Gasteiger partial charge in [0, 0.05) is 32.3 Å². The highest BCUT2D eigenvalue weighted by Crippen LogP contribution is 2.18. The van der Waals surface area contributed by atoms with E-state index in [1.807, 2.05) is 0 Å². The Kier molecular flexibility index (Phi) is 4.76. The van der Waals surface area contributed by atoms with Gasteiger partial charge in [-0.15, -0.1) is 0 Å². The van der Waals surface area contributed by atoms with Crippen molar-refractivity contribution in [2.24, 2.45) is 5.92 Å². The maximum atomic E-state index is 11.9. The zero-order valence-corrected chi connectivity index (χ0v) is 10.4. The number of morpholine rings is 1. The van der Waals surface area contributed by atoms with E-state index in [1.54, 1.807) is 0 Å². The first-order valence-electron chi connectivity index (χ1n) is 6.48. The van der Waals surface area contributed by atoms with Gasteiger partial charge in [0.2, 0.25) is 0 Å². The van der Waals surface area contributed by atoms with Crippen molar-refractivity contribution in [1.82, 2.24) is 10.6 Å². The molecule has 2 aliphatic rings. The number of rotatable bonds is 3. The lowest BCUT2D eigenvalue weighted by atomic mass is 9.93. The first-order chi connectivity index (χ1) is 8.27. The third-order valence-corrected chi connectivity index (χ3v) is 3.56. The standard InChI is InChI=1S/C12H22N2O3/c1-9(10-2-5-16-6-3-10)14-12(15)11-8-13-4-7-17-11/h9-11,13H,2-8H2,1H3,(H,14,15). The predicted octanol–water partition coefficient (Wildman–Crippen LogP) is -0.0939. The van der Waals surface area contributed by atoms with Crippen LogP contribution in [-0.4, -0.2) is 51.0 Å². The van der Waals surface area contributed by atoms with E-state index in [9.17, 15) is 4.79 Å². The van der Waals surface area contributed by atoms with Crippen LogP contribution in [0.4, 0.5) is 0 Å². The van der Waals surface area contributed by atoms with Gasteiger partial charge in [0.05, 0.1) is 6.61 Å². The topological polar surface area (TPSA) is 59.6 Å². The second-order valence-electron chi connectivity index (χ2n) is 4.81. The van der Waals surface area contributed by atoms with Crippen LogP contribution in [0.15, 0.2) is 0 Å². The average molecular weight is 242 g/mol. The van der Waals surface area contributed by atoms with E-state index in [1.165, 1.54) is 0 Å². The number of carbonyl (C=O) groups excluding carboxylic acids is 1. The molecule has 2 rings (SSSR count). The minimum atomic E-state index is -0.328. The maximum Gasteiger partial charge on any atom is 0.250 e. The molecule has 0 aromatic rings. The molecule has 17 heavy (non-hydrogen) atoms. The van der Waals surface area contributed by atoms with Crippen LogP contribution >= 0.6 is 0 Å². The van der Waals surface area contributed by atoms with Gasteiger partial charge in [0.15, 0.2) is 0 Å². The molecule has 2 N–H and O–H groups in total. The number of ether oxygens (including phenoxy) is 2. The highest BCUT2D eigenvalue weighted by molar-refractivity contribution is 5.81. The molecule has 98 valence electrons. The van der Waals surface area contributed by atoms with Gasteiger partial charge in [-0.2, -0.15) is 0 Å². The van der Waals surface area contributed by atoms with Crippen molar-refractivity contribution in [1.29, 1.82) is 0 Å².